The lowest BCUT2D eigenvalue weighted by atomic mass is 10.2. The van der Waals surface area contributed by atoms with Crippen molar-refractivity contribution in [3.05, 3.63) is 40.1 Å². The molecule has 0 amide bonds. The first kappa shape index (κ1) is 16.0. The number of nitrogens with two attached hydrogens (primary N) is 1. The lowest BCUT2D eigenvalue weighted by Crippen LogP contribution is -2.24. The van der Waals surface area contributed by atoms with E-state index in [0.29, 0.717) is 10.2 Å². The fraction of sp³-hybridized carbons (Fsp3) is 0.308. The maximum absolute atomic E-state index is 12.3. The van der Waals surface area contributed by atoms with E-state index in [1.165, 1.54) is 6.07 Å². The predicted octanol–water partition coefficient (Wildman–Crippen LogP) is 1.81. The molecule has 1 aromatic heterocycles. The van der Waals surface area contributed by atoms with E-state index in [1.54, 1.807) is 16.8 Å². The second-order valence-corrected chi connectivity index (χ2v) is 7.23. The molecule has 0 aliphatic heterocycles. The summed E-state index contributed by atoms with van der Waals surface area (Å²) in [5.74, 6) is 0. The van der Waals surface area contributed by atoms with Gasteiger partial charge in [0.2, 0.25) is 10.0 Å². The molecule has 6 nitrogen and oxygen atoms in total. The second kappa shape index (κ2) is 6.17. The summed E-state index contributed by atoms with van der Waals surface area (Å²) in [6, 6.07) is 4.60. The Balaban J connectivity index is 2.21. The summed E-state index contributed by atoms with van der Waals surface area (Å²) in [6.07, 6.45) is 2.57. The van der Waals surface area contributed by atoms with Gasteiger partial charge in [0.1, 0.15) is 0 Å². The van der Waals surface area contributed by atoms with E-state index in [-0.39, 0.29) is 11.4 Å². The lowest BCUT2D eigenvalue weighted by Gasteiger charge is -2.09. The van der Waals surface area contributed by atoms with Crippen LogP contribution in [0.1, 0.15) is 18.2 Å². The van der Waals surface area contributed by atoms with Crippen molar-refractivity contribution in [2.24, 2.45) is 7.05 Å². The fourth-order valence-corrected chi connectivity index (χ4v) is 4.11. The minimum atomic E-state index is -3.61. The van der Waals surface area contributed by atoms with Crippen LogP contribution in [0.25, 0.3) is 0 Å². The van der Waals surface area contributed by atoms with Crippen LogP contribution in [0.5, 0.6) is 0 Å². The zero-order chi connectivity index (χ0) is 15.6. The molecule has 3 N–H and O–H groups in total. The van der Waals surface area contributed by atoms with E-state index < -0.39 is 10.0 Å². The van der Waals surface area contributed by atoms with E-state index in [0.717, 1.165) is 17.7 Å². The molecule has 2 rings (SSSR count). The maximum Gasteiger partial charge on any atom is 0.241 e. The number of halogens is 1. The van der Waals surface area contributed by atoms with Crippen molar-refractivity contribution in [3.8, 4) is 0 Å². The Morgan fingerprint density at radius 2 is 2.14 bits per heavy atom. The summed E-state index contributed by atoms with van der Waals surface area (Å²) in [4.78, 5) is 0.165. The molecule has 21 heavy (non-hydrogen) atoms. The highest BCUT2D eigenvalue weighted by atomic mass is 79.9. The zero-order valence-electron chi connectivity index (χ0n) is 11.8. The van der Waals surface area contributed by atoms with Gasteiger partial charge in [0, 0.05) is 35.5 Å². The number of rotatable bonds is 5. The number of hydrogen-bond acceptors (Lipinski definition) is 4. The Labute approximate surface area is 132 Å². The van der Waals surface area contributed by atoms with Crippen LogP contribution in [0.15, 0.2) is 33.8 Å². The van der Waals surface area contributed by atoms with Crippen molar-refractivity contribution in [3.63, 3.8) is 0 Å². The maximum atomic E-state index is 12.3. The average molecular weight is 373 g/mol. The molecule has 0 atom stereocenters. The van der Waals surface area contributed by atoms with Gasteiger partial charge in [-0.3, -0.25) is 4.68 Å². The topological polar surface area (TPSA) is 90.0 Å². The Hall–Kier alpha value is -1.38. The quantitative estimate of drug-likeness (QED) is 0.783. The molecule has 0 unspecified atom stereocenters. The van der Waals surface area contributed by atoms with Gasteiger partial charge in [0.05, 0.1) is 10.6 Å². The smallest absolute Gasteiger partial charge is 0.241 e. The molecule has 0 fully saturated rings. The van der Waals surface area contributed by atoms with Crippen molar-refractivity contribution < 1.29 is 8.42 Å². The highest BCUT2D eigenvalue weighted by Crippen LogP contribution is 2.24. The van der Waals surface area contributed by atoms with Gasteiger partial charge in [-0.1, -0.05) is 6.92 Å². The van der Waals surface area contributed by atoms with Crippen molar-refractivity contribution in [2.45, 2.75) is 24.8 Å². The molecular weight excluding hydrogens is 356 g/mol. The molecule has 0 saturated heterocycles. The molecule has 0 spiro atoms. The molecule has 8 heteroatoms. The number of anilines is 1. The molecule has 0 aliphatic rings. The van der Waals surface area contributed by atoms with E-state index >= 15 is 0 Å². The molecule has 0 saturated carbocycles. The third kappa shape index (κ3) is 3.63. The number of aryl methyl sites for hydroxylation is 2. The summed E-state index contributed by atoms with van der Waals surface area (Å²) in [5, 5.41) is 4.29. The molecule has 0 radical (unpaired) electrons. The van der Waals surface area contributed by atoms with Crippen LogP contribution in [-0.2, 0) is 30.0 Å². The number of hydrogen-bond donors (Lipinski definition) is 2. The molecule has 0 bridgehead atoms. The minimum Gasteiger partial charge on any atom is -0.399 e. The number of nitrogen functional groups attached to an aromatic ring is 1. The van der Waals surface area contributed by atoms with E-state index in [1.807, 2.05) is 20.2 Å². The highest BCUT2D eigenvalue weighted by molar-refractivity contribution is 9.10. The number of benzene rings is 1. The monoisotopic (exact) mass is 372 g/mol. The van der Waals surface area contributed by atoms with Crippen LogP contribution in [0.3, 0.4) is 0 Å². The Morgan fingerprint density at radius 3 is 2.76 bits per heavy atom. The largest absolute Gasteiger partial charge is 0.399 e. The van der Waals surface area contributed by atoms with Crippen molar-refractivity contribution in [1.82, 2.24) is 14.5 Å². The Morgan fingerprint density at radius 1 is 1.43 bits per heavy atom. The van der Waals surface area contributed by atoms with Gasteiger partial charge in [-0.2, -0.15) is 5.10 Å². The van der Waals surface area contributed by atoms with E-state index in [2.05, 4.69) is 25.8 Å². The van der Waals surface area contributed by atoms with E-state index in [9.17, 15) is 8.42 Å². The van der Waals surface area contributed by atoms with Crippen molar-refractivity contribution in [2.75, 3.05) is 5.73 Å². The van der Waals surface area contributed by atoms with Crippen LogP contribution in [0, 0.1) is 0 Å². The van der Waals surface area contributed by atoms with Crippen LogP contribution in [0.2, 0.25) is 0 Å². The van der Waals surface area contributed by atoms with Gasteiger partial charge in [-0.25, -0.2) is 13.1 Å². The summed E-state index contributed by atoms with van der Waals surface area (Å²) >= 11 is 3.23. The lowest BCUT2D eigenvalue weighted by molar-refractivity contribution is 0.580. The van der Waals surface area contributed by atoms with Gasteiger partial charge in [0.25, 0.3) is 0 Å². The summed E-state index contributed by atoms with van der Waals surface area (Å²) in [7, 11) is -1.80. The Bertz CT molecular complexity index is 756. The summed E-state index contributed by atoms with van der Waals surface area (Å²) < 4.78 is 29.4. The van der Waals surface area contributed by atoms with E-state index in [4.69, 9.17) is 5.73 Å². The van der Waals surface area contributed by atoms with Gasteiger partial charge in [-0.05, 0) is 40.5 Å². The molecular formula is C13H17BrN4O2S. The standard InChI is InChI=1S/C13H17BrN4O2S/c1-3-12-9(8-18(2)17-12)7-16-21(19,20)13-5-4-10(15)6-11(13)14/h4-6,8,16H,3,7,15H2,1-2H3. The van der Waals surface area contributed by atoms with Crippen LogP contribution in [-0.4, -0.2) is 18.2 Å². The van der Waals surface area contributed by atoms with Gasteiger partial charge in [0.15, 0.2) is 0 Å². The predicted molar refractivity (Wildman–Crippen MR) is 85.2 cm³/mol. The summed E-state index contributed by atoms with van der Waals surface area (Å²) in [5.41, 5.74) is 7.88. The molecule has 2 aromatic rings. The summed E-state index contributed by atoms with van der Waals surface area (Å²) in [6.45, 7) is 2.19. The molecule has 0 aliphatic carbocycles. The SMILES string of the molecule is CCc1nn(C)cc1CNS(=O)(=O)c1ccc(N)cc1Br. The molecule has 114 valence electrons. The third-order valence-corrected chi connectivity index (χ3v) is 5.40. The first-order chi connectivity index (χ1) is 9.83. The van der Waals surface area contributed by atoms with Crippen molar-refractivity contribution >= 4 is 31.6 Å². The van der Waals surface area contributed by atoms with Gasteiger partial charge >= 0.3 is 0 Å². The number of nitrogens with zero attached hydrogens (tertiary/aromatic N) is 2. The first-order valence-electron chi connectivity index (χ1n) is 6.39. The Kier molecular flexibility index (Phi) is 4.70. The van der Waals surface area contributed by atoms with Gasteiger partial charge < -0.3 is 5.73 Å². The average Bonchev–Trinajstić information content (AvgIpc) is 2.76. The number of nitrogens with one attached hydrogen (secondary N) is 1. The van der Waals surface area contributed by atoms with Crippen molar-refractivity contribution in [1.29, 1.82) is 0 Å². The molecule has 1 aromatic carbocycles. The first-order valence-corrected chi connectivity index (χ1v) is 8.67. The zero-order valence-corrected chi connectivity index (χ0v) is 14.2. The van der Waals surface area contributed by atoms with Gasteiger partial charge in [-0.15, -0.1) is 0 Å². The van der Waals surface area contributed by atoms with Crippen LogP contribution in [0.4, 0.5) is 5.69 Å². The van der Waals surface area contributed by atoms with Crippen LogP contribution >= 0.6 is 15.9 Å². The number of aromatic nitrogens is 2. The van der Waals surface area contributed by atoms with Crippen LogP contribution < -0.4 is 10.5 Å². The third-order valence-electron chi connectivity index (χ3n) is 3.02. The normalized spacial score (nSPS) is 11.8. The highest BCUT2D eigenvalue weighted by Gasteiger charge is 2.18. The fourth-order valence-electron chi connectivity index (χ4n) is 2.01. The minimum absolute atomic E-state index is 0.165. The second-order valence-electron chi connectivity index (χ2n) is 4.64. The molecule has 1 heterocycles. The number of sulfonamides is 1.